The maximum Gasteiger partial charge on any atom is 0.135 e. The zero-order chi connectivity index (χ0) is 29.5. The lowest BCUT2D eigenvalue weighted by atomic mass is 9.98. The molecule has 3 aromatic heterocycles. The number of nitrogens with zero attached hydrogens (tertiary/aromatic N) is 1. The average molecular weight is 576 g/mol. The van der Waals surface area contributed by atoms with Gasteiger partial charge >= 0.3 is 0 Å². The summed E-state index contributed by atoms with van der Waals surface area (Å²) >= 11 is 0. The highest BCUT2D eigenvalue weighted by atomic mass is 16.3. The molecule has 0 aliphatic heterocycles. The first-order valence-corrected chi connectivity index (χ1v) is 15.3. The summed E-state index contributed by atoms with van der Waals surface area (Å²) in [6.45, 7) is 0. The molecule has 0 saturated carbocycles. The number of para-hydroxylation sites is 3. The van der Waals surface area contributed by atoms with Gasteiger partial charge in [-0.05, 0) is 95.1 Å². The summed E-state index contributed by atoms with van der Waals surface area (Å²) in [5.41, 5.74) is 11.9. The summed E-state index contributed by atoms with van der Waals surface area (Å²) < 4.78 is 14.6. The van der Waals surface area contributed by atoms with Crippen LogP contribution in [0.2, 0.25) is 0 Å². The van der Waals surface area contributed by atoms with E-state index in [1.165, 1.54) is 44.1 Å². The Labute approximate surface area is 258 Å². The molecule has 0 aliphatic carbocycles. The van der Waals surface area contributed by atoms with Crippen LogP contribution >= 0.6 is 0 Å². The zero-order valence-electron chi connectivity index (χ0n) is 24.2. The van der Waals surface area contributed by atoms with Crippen LogP contribution in [0.3, 0.4) is 0 Å². The number of fused-ring (bicyclic) bond motifs is 9. The zero-order valence-corrected chi connectivity index (χ0v) is 24.2. The second-order valence-corrected chi connectivity index (χ2v) is 11.8. The van der Waals surface area contributed by atoms with Gasteiger partial charge in [0, 0.05) is 38.0 Å². The molecular formula is C42H25NO2. The third-order valence-electron chi connectivity index (χ3n) is 9.20. The van der Waals surface area contributed by atoms with E-state index in [-0.39, 0.29) is 0 Å². The van der Waals surface area contributed by atoms with Crippen molar-refractivity contribution in [1.82, 2.24) is 4.57 Å². The third kappa shape index (κ3) is 3.65. The highest BCUT2D eigenvalue weighted by molar-refractivity contribution is 6.13. The molecule has 0 unspecified atom stereocenters. The molecule has 3 nitrogen and oxygen atoms in total. The summed E-state index contributed by atoms with van der Waals surface area (Å²) in [4.78, 5) is 0. The van der Waals surface area contributed by atoms with E-state index >= 15 is 0 Å². The molecule has 3 heterocycles. The van der Waals surface area contributed by atoms with Crippen molar-refractivity contribution in [1.29, 1.82) is 0 Å². The average Bonchev–Trinajstić information content (AvgIpc) is 3.77. The molecule has 7 aromatic carbocycles. The summed E-state index contributed by atoms with van der Waals surface area (Å²) in [5.74, 6) is 0. The number of hydrogen-bond acceptors (Lipinski definition) is 2. The van der Waals surface area contributed by atoms with Crippen molar-refractivity contribution >= 4 is 65.7 Å². The van der Waals surface area contributed by atoms with Crippen LogP contribution in [-0.4, -0.2) is 4.57 Å². The molecule has 0 saturated heterocycles. The molecule has 0 atom stereocenters. The Morgan fingerprint density at radius 2 is 0.711 bits per heavy atom. The van der Waals surface area contributed by atoms with Crippen molar-refractivity contribution in [2.45, 2.75) is 0 Å². The second-order valence-electron chi connectivity index (χ2n) is 11.8. The number of hydrogen-bond donors (Lipinski definition) is 0. The Hall–Kier alpha value is -6.06. The quantitative estimate of drug-likeness (QED) is 0.210. The monoisotopic (exact) mass is 575 g/mol. The number of furan rings is 2. The Bertz CT molecular complexity index is 2590. The molecule has 45 heavy (non-hydrogen) atoms. The van der Waals surface area contributed by atoms with Crippen molar-refractivity contribution < 1.29 is 8.83 Å². The largest absolute Gasteiger partial charge is 0.456 e. The lowest BCUT2D eigenvalue weighted by molar-refractivity contribution is 0.668. The first kappa shape index (κ1) is 24.4. The lowest BCUT2D eigenvalue weighted by Crippen LogP contribution is -1.93. The van der Waals surface area contributed by atoms with E-state index in [0.717, 1.165) is 49.6 Å². The summed E-state index contributed by atoms with van der Waals surface area (Å²) in [7, 11) is 0. The van der Waals surface area contributed by atoms with Crippen molar-refractivity contribution in [3.05, 3.63) is 152 Å². The Morgan fingerprint density at radius 3 is 1.22 bits per heavy atom. The van der Waals surface area contributed by atoms with E-state index in [4.69, 9.17) is 8.83 Å². The van der Waals surface area contributed by atoms with Crippen molar-refractivity contribution in [2.24, 2.45) is 0 Å². The topological polar surface area (TPSA) is 31.2 Å². The van der Waals surface area contributed by atoms with Crippen LogP contribution in [0, 0.1) is 0 Å². The van der Waals surface area contributed by atoms with Crippen LogP contribution in [0.25, 0.3) is 93.6 Å². The molecule has 210 valence electrons. The molecule has 0 bridgehead atoms. The number of rotatable bonds is 3. The van der Waals surface area contributed by atoms with E-state index < -0.39 is 0 Å². The fourth-order valence-electron chi connectivity index (χ4n) is 7.05. The van der Waals surface area contributed by atoms with Gasteiger partial charge in [-0.2, -0.15) is 0 Å². The van der Waals surface area contributed by atoms with E-state index in [1.807, 2.05) is 24.3 Å². The summed E-state index contributed by atoms with van der Waals surface area (Å²) in [6, 6.07) is 53.9. The van der Waals surface area contributed by atoms with E-state index in [9.17, 15) is 0 Å². The summed E-state index contributed by atoms with van der Waals surface area (Å²) in [5, 5.41) is 7.00. The molecule has 0 spiro atoms. The van der Waals surface area contributed by atoms with Gasteiger partial charge in [0.25, 0.3) is 0 Å². The van der Waals surface area contributed by atoms with Gasteiger partial charge in [0.1, 0.15) is 22.3 Å². The van der Waals surface area contributed by atoms with Gasteiger partial charge in [-0.1, -0.05) is 78.9 Å². The molecule has 0 N–H and O–H groups in total. The van der Waals surface area contributed by atoms with Crippen molar-refractivity contribution in [3.63, 3.8) is 0 Å². The molecule has 0 fully saturated rings. The normalized spacial score (nSPS) is 12.0. The van der Waals surface area contributed by atoms with Gasteiger partial charge in [-0.15, -0.1) is 0 Å². The van der Waals surface area contributed by atoms with Gasteiger partial charge in [0.05, 0.1) is 11.0 Å². The van der Waals surface area contributed by atoms with Crippen LogP contribution in [0.1, 0.15) is 0 Å². The van der Waals surface area contributed by atoms with Crippen LogP contribution in [0.5, 0.6) is 0 Å². The molecule has 3 heteroatoms. The van der Waals surface area contributed by atoms with Crippen LogP contribution in [-0.2, 0) is 0 Å². The Kier molecular flexibility index (Phi) is 5.00. The first-order chi connectivity index (χ1) is 22.3. The maximum atomic E-state index is 6.11. The standard InChI is InChI=1S/C42H25NO2/c1-2-8-30(9-3-1)43-37-18-14-26(28-16-20-41-35(24-28)31-10-4-6-12-39(31)44-41)22-33(37)34-23-27(15-19-38(34)43)29-17-21-42-36(25-29)32-11-5-7-13-40(32)45-42/h1-25H. The SMILES string of the molecule is c1ccc(-n2c3ccc(-c4ccc5oc6ccccc6c5c4)cc3c3cc(-c4ccc5oc6ccccc6c5c4)ccc32)cc1. The highest BCUT2D eigenvalue weighted by Crippen LogP contribution is 2.39. The van der Waals surface area contributed by atoms with E-state index in [2.05, 4.69) is 132 Å². The van der Waals surface area contributed by atoms with E-state index in [1.54, 1.807) is 0 Å². The third-order valence-corrected chi connectivity index (χ3v) is 9.20. The molecular weight excluding hydrogens is 550 g/mol. The minimum Gasteiger partial charge on any atom is -0.456 e. The Balaban J connectivity index is 1.20. The van der Waals surface area contributed by atoms with Crippen LogP contribution in [0.15, 0.2) is 160 Å². The lowest BCUT2D eigenvalue weighted by Gasteiger charge is -2.08. The molecule has 0 aliphatic rings. The van der Waals surface area contributed by atoms with Gasteiger partial charge in [0.2, 0.25) is 0 Å². The highest BCUT2D eigenvalue weighted by Gasteiger charge is 2.16. The predicted octanol–water partition coefficient (Wildman–Crippen LogP) is 11.9. The molecule has 0 amide bonds. The fourth-order valence-corrected chi connectivity index (χ4v) is 7.05. The number of aromatic nitrogens is 1. The summed E-state index contributed by atoms with van der Waals surface area (Å²) in [6.07, 6.45) is 0. The van der Waals surface area contributed by atoms with Gasteiger partial charge in [-0.25, -0.2) is 0 Å². The molecule has 0 radical (unpaired) electrons. The Morgan fingerprint density at radius 1 is 0.311 bits per heavy atom. The smallest absolute Gasteiger partial charge is 0.135 e. The number of benzene rings is 7. The molecule has 10 aromatic rings. The minimum atomic E-state index is 0.911. The first-order valence-electron chi connectivity index (χ1n) is 15.3. The van der Waals surface area contributed by atoms with E-state index in [0.29, 0.717) is 0 Å². The minimum absolute atomic E-state index is 0.911. The second kappa shape index (κ2) is 9.22. The maximum absolute atomic E-state index is 6.11. The van der Waals surface area contributed by atoms with Crippen molar-refractivity contribution in [2.75, 3.05) is 0 Å². The predicted molar refractivity (Wildman–Crippen MR) is 186 cm³/mol. The van der Waals surface area contributed by atoms with Crippen LogP contribution < -0.4 is 0 Å². The molecule has 10 rings (SSSR count). The fraction of sp³-hybridized carbons (Fsp3) is 0. The van der Waals surface area contributed by atoms with Crippen molar-refractivity contribution in [3.8, 4) is 27.9 Å². The van der Waals surface area contributed by atoms with Gasteiger partial charge in [0.15, 0.2) is 0 Å². The van der Waals surface area contributed by atoms with Gasteiger partial charge in [-0.3, -0.25) is 0 Å². The van der Waals surface area contributed by atoms with Gasteiger partial charge < -0.3 is 13.4 Å². The van der Waals surface area contributed by atoms with Crippen LogP contribution in [0.4, 0.5) is 0 Å².